The van der Waals surface area contributed by atoms with E-state index in [9.17, 15) is 14.9 Å². The van der Waals surface area contributed by atoms with Gasteiger partial charge in [-0.25, -0.2) is 0 Å². The van der Waals surface area contributed by atoms with E-state index < -0.39 is 4.92 Å². The molecule has 0 heterocycles. The number of likely N-dealkylation sites (N-methyl/N-ethyl adjacent to an activating group) is 1. The van der Waals surface area contributed by atoms with Gasteiger partial charge in [-0.1, -0.05) is 42.5 Å². The highest BCUT2D eigenvalue weighted by Crippen LogP contribution is 2.24. The predicted molar refractivity (Wildman–Crippen MR) is 98.9 cm³/mol. The van der Waals surface area contributed by atoms with Crippen LogP contribution in [-0.2, 0) is 4.79 Å². The van der Waals surface area contributed by atoms with Gasteiger partial charge in [-0.15, -0.1) is 0 Å². The largest absolute Gasteiger partial charge is 0.365 e. The van der Waals surface area contributed by atoms with Crippen LogP contribution in [0.5, 0.6) is 0 Å². The van der Waals surface area contributed by atoms with Gasteiger partial charge in [0.1, 0.15) is 5.69 Å². The molecule has 0 aliphatic heterocycles. The molecule has 1 amide bonds. The number of para-hydroxylation sites is 2. The van der Waals surface area contributed by atoms with Gasteiger partial charge >= 0.3 is 0 Å². The van der Waals surface area contributed by atoms with Gasteiger partial charge in [0, 0.05) is 18.8 Å². The molecular weight excluding hydrogens is 318 g/mol. The third-order valence-electron chi connectivity index (χ3n) is 3.93. The van der Waals surface area contributed by atoms with Crippen LogP contribution in [-0.4, -0.2) is 24.4 Å². The number of nitrogens with zero attached hydrogens (tertiary/aromatic N) is 2. The first-order valence-corrected chi connectivity index (χ1v) is 7.78. The molecule has 0 saturated carbocycles. The predicted octanol–water partition coefficient (Wildman–Crippen LogP) is 3.82. The van der Waals surface area contributed by atoms with E-state index in [-0.39, 0.29) is 23.8 Å². The third kappa shape index (κ3) is 3.74. The fourth-order valence-electron chi connectivity index (χ4n) is 2.65. The molecule has 0 fully saturated rings. The first-order chi connectivity index (χ1) is 12.0. The molecule has 0 unspecified atom stereocenters. The smallest absolute Gasteiger partial charge is 0.292 e. The highest BCUT2D eigenvalue weighted by Gasteiger charge is 2.15. The second kappa shape index (κ2) is 7.00. The molecule has 0 aliphatic carbocycles. The average molecular weight is 335 g/mol. The van der Waals surface area contributed by atoms with Crippen LogP contribution < -0.4 is 10.2 Å². The van der Waals surface area contributed by atoms with Crippen LogP contribution in [0.25, 0.3) is 10.8 Å². The van der Waals surface area contributed by atoms with E-state index in [4.69, 9.17) is 0 Å². The van der Waals surface area contributed by atoms with Crippen molar-refractivity contribution >= 4 is 33.7 Å². The second-order valence-electron chi connectivity index (χ2n) is 5.71. The number of fused-ring (bicyclic) bond motifs is 1. The summed E-state index contributed by atoms with van der Waals surface area (Å²) in [5.41, 5.74) is 0.977. The van der Waals surface area contributed by atoms with E-state index in [1.54, 1.807) is 17.0 Å². The van der Waals surface area contributed by atoms with Crippen molar-refractivity contribution in [1.82, 2.24) is 0 Å². The molecular formula is C19H17N3O3. The number of nitro groups is 1. The van der Waals surface area contributed by atoms with Gasteiger partial charge in [-0.2, -0.15) is 0 Å². The molecule has 126 valence electrons. The van der Waals surface area contributed by atoms with Crippen molar-refractivity contribution in [2.75, 3.05) is 23.8 Å². The van der Waals surface area contributed by atoms with E-state index in [0.717, 1.165) is 16.5 Å². The van der Waals surface area contributed by atoms with Crippen molar-refractivity contribution in [2.24, 2.45) is 0 Å². The van der Waals surface area contributed by atoms with Crippen LogP contribution in [0.3, 0.4) is 0 Å². The molecule has 0 aliphatic rings. The maximum Gasteiger partial charge on any atom is 0.292 e. The van der Waals surface area contributed by atoms with Crippen molar-refractivity contribution in [3.8, 4) is 0 Å². The van der Waals surface area contributed by atoms with Crippen LogP contribution in [0.1, 0.15) is 0 Å². The van der Waals surface area contributed by atoms with Crippen LogP contribution in [0.2, 0.25) is 0 Å². The molecule has 0 saturated heterocycles. The van der Waals surface area contributed by atoms with E-state index in [2.05, 4.69) is 5.32 Å². The number of rotatable bonds is 5. The van der Waals surface area contributed by atoms with Crippen molar-refractivity contribution < 1.29 is 9.72 Å². The molecule has 6 heteroatoms. The molecule has 3 rings (SSSR count). The van der Waals surface area contributed by atoms with E-state index in [1.807, 2.05) is 49.5 Å². The maximum atomic E-state index is 12.3. The third-order valence-corrected chi connectivity index (χ3v) is 3.93. The Bertz CT molecular complexity index is 940. The lowest BCUT2D eigenvalue weighted by atomic mass is 10.1. The lowest BCUT2D eigenvalue weighted by Crippen LogP contribution is -2.30. The van der Waals surface area contributed by atoms with Gasteiger partial charge in [0.15, 0.2) is 0 Å². The summed E-state index contributed by atoms with van der Waals surface area (Å²) in [5, 5.41) is 15.8. The lowest BCUT2D eigenvalue weighted by molar-refractivity contribution is -0.383. The van der Waals surface area contributed by atoms with Crippen LogP contribution >= 0.6 is 0 Å². The number of nitrogens with one attached hydrogen (secondary N) is 1. The molecule has 1 N–H and O–H groups in total. The summed E-state index contributed by atoms with van der Waals surface area (Å²) in [5.74, 6) is -0.315. The normalized spacial score (nSPS) is 10.4. The number of hydrogen-bond donors (Lipinski definition) is 1. The first-order valence-electron chi connectivity index (χ1n) is 7.78. The summed E-state index contributed by atoms with van der Waals surface area (Å²) in [7, 11) is 1.81. The highest BCUT2D eigenvalue weighted by molar-refractivity contribution is 5.96. The van der Waals surface area contributed by atoms with Crippen molar-refractivity contribution in [1.29, 1.82) is 0 Å². The quantitative estimate of drug-likeness (QED) is 0.568. The standard InChI is InChI=1S/C19H17N3O3/c1-21(16-11-10-14-6-2-3-7-15(14)12-16)13-19(23)20-17-8-4-5-9-18(17)22(24)25/h2-12H,13H2,1H3,(H,20,23). The Hall–Kier alpha value is -3.41. The minimum absolute atomic E-state index is 0.0877. The molecule has 3 aromatic rings. The summed E-state index contributed by atoms with van der Waals surface area (Å²) in [6.07, 6.45) is 0. The fraction of sp³-hybridized carbons (Fsp3) is 0.105. The summed E-state index contributed by atoms with van der Waals surface area (Å²) in [6.45, 7) is 0.0877. The van der Waals surface area contributed by atoms with Crippen LogP contribution in [0.4, 0.5) is 17.1 Å². The Morgan fingerprint density at radius 2 is 1.72 bits per heavy atom. The number of benzene rings is 3. The highest BCUT2D eigenvalue weighted by atomic mass is 16.6. The second-order valence-corrected chi connectivity index (χ2v) is 5.71. The molecule has 3 aromatic carbocycles. The zero-order valence-corrected chi connectivity index (χ0v) is 13.7. The number of hydrogen-bond acceptors (Lipinski definition) is 4. The zero-order valence-electron chi connectivity index (χ0n) is 13.7. The maximum absolute atomic E-state index is 12.3. The number of carbonyl (C=O) groups excluding carboxylic acids is 1. The first kappa shape index (κ1) is 16.4. The molecule has 25 heavy (non-hydrogen) atoms. The Labute approximate surface area is 144 Å². The van der Waals surface area contributed by atoms with Gasteiger partial charge in [0.05, 0.1) is 11.5 Å². The number of anilines is 2. The van der Waals surface area contributed by atoms with Gasteiger partial charge in [-0.05, 0) is 29.0 Å². The molecule has 0 atom stereocenters. The number of carbonyl (C=O) groups is 1. The van der Waals surface area contributed by atoms with Gasteiger partial charge in [0.25, 0.3) is 5.69 Å². The minimum atomic E-state index is -0.511. The molecule has 0 spiro atoms. The summed E-state index contributed by atoms with van der Waals surface area (Å²) in [4.78, 5) is 24.6. The van der Waals surface area contributed by atoms with Gasteiger partial charge in [0.2, 0.25) is 5.91 Å². The topological polar surface area (TPSA) is 75.5 Å². The van der Waals surface area contributed by atoms with Crippen molar-refractivity contribution in [2.45, 2.75) is 0 Å². The molecule has 0 aromatic heterocycles. The average Bonchev–Trinajstić information content (AvgIpc) is 2.61. The number of amides is 1. The Kier molecular flexibility index (Phi) is 4.61. The fourth-order valence-corrected chi connectivity index (χ4v) is 2.65. The van der Waals surface area contributed by atoms with Crippen LogP contribution in [0, 0.1) is 10.1 Å². The number of nitro benzene ring substituents is 1. The molecule has 0 bridgehead atoms. The minimum Gasteiger partial charge on any atom is -0.365 e. The molecule has 6 nitrogen and oxygen atoms in total. The monoisotopic (exact) mass is 335 g/mol. The summed E-state index contributed by atoms with van der Waals surface area (Å²) < 4.78 is 0. The zero-order chi connectivity index (χ0) is 17.8. The van der Waals surface area contributed by atoms with Crippen molar-refractivity contribution in [3.05, 3.63) is 76.8 Å². The molecule has 0 radical (unpaired) electrons. The van der Waals surface area contributed by atoms with Gasteiger partial charge in [-0.3, -0.25) is 14.9 Å². The SMILES string of the molecule is CN(CC(=O)Nc1ccccc1[N+](=O)[O-])c1ccc2ccccc2c1. The van der Waals surface area contributed by atoms with Gasteiger partial charge < -0.3 is 10.2 Å². The Morgan fingerprint density at radius 3 is 2.48 bits per heavy atom. The van der Waals surface area contributed by atoms with E-state index >= 15 is 0 Å². The Balaban J connectivity index is 1.73. The van der Waals surface area contributed by atoms with E-state index in [1.165, 1.54) is 12.1 Å². The summed E-state index contributed by atoms with van der Waals surface area (Å²) in [6, 6.07) is 20.0. The summed E-state index contributed by atoms with van der Waals surface area (Å²) >= 11 is 0. The lowest BCUT2D eigenvalue weighted by Gasteiger charge is -2.19. The Morgan fingerprint density at radius 1 is 1.04 bits per heavy atom. The van der Waals surface area contributed by atoms with Crippen LogP contribution in [0.15, 0.2) is 66.7 Å². The van der Waals surface area contributed by atoms with E-state index in [0.29, 0.717) is 0 Å². The van der Waals surface area contributed by atoms with Crippen molar-refractivity contribution in [3.63, 3.8) is 0 Å².